The summed E-state index contributed by atoms with van der Waals surface area (Å²) in [4.78, 5) is 2.34. The van der Waals surface area contributed by atoms with Crippen LogP contribution in [0.2, 0.25) is 0 Å². The van der Waals surface area contributed by atoms with E-state index in [1.54, 1.807) is 11.3 Å². The SMILES string of the molecule is Cc1ccc(C2(O)CCC(N)C2)s1. The molecule has 1 aliphatic carbocycles. The third kappa shape index (κ3) is 1.64. The molecule has 1 aliphatic rings. The van der Waals surface area contributed by atoms with Gasteiger partial charge in [-0.3, -0.25) is 0 Å². The van der Waals surface area contributed by atoms with Gasteiger partial charge >= 0.3 is 0 Å². The predicted molar refractivity (Wildman–Crippen MR) is 54.8 cm³/mol. The van der Waals surface area contributed by atoms with Crippen LogP contribution in [-0.2, 0) is 5.60 Å². The molecule has 3 N–H and O–H groups in total. The van der Waals surface area contributed by atoms with Crippen LogP contribution in [0.3, 0.4) is 0 Å². The summed E-state index contributed by atoms with van der Waals surface area (Å²) >= 11 is 1.68. The van der Waals surface area contributed by atoms with Crippen molar-refractivity contribution in [3.05, 3.63) is 21.9 Å². The standard InChI is InChI=1S/C10H15NOS/c1-7-2-3-9(13-7)10(12)5-4-8(11)6-10/h2-3,8,12H,4-6,11H2,1H3. The lowest BCUT2D eigenvalue weighted by Crippen LogP contribution is -2.24. The van der Waals surface area contributed by atoms with E-state index in [0.717, 1.165) is 17.7 Å². The molecular formula is C10H15NOS. The van der Waals surface area contributed by atoms with Crippen LogP contribution >= 0.6 is 11.3 Å². The normalized spacial score (nSPS) is 33.9. The van der Waals surface area contributed by atoms with Gasteiger partial charge in [-0.15, -0.1) is 11.3 Å². The molecule has 0 radical (unpaired) electrons. The molecule has 0 aromatic carbocycles. The molecule has 13 heavy (non-hydrogen) atoms. The van der Waals surface area contributed by atoms with Crippen molar-refractivity contribution in [1.82, 2.24) is 0 Å². The number of hydrogen-bond donors (Lipinski definition) is 2. The van der Waals surface area contributed by atoms with Crippen LogP contribution in [-0.4, -0.2) is 11.1 Å². The number of aliphatic hydroxyl groups is 1. The molecule has 2 nitrogen and oxygen atoms in total. The van der Waals surface area contributed by atoms with E-state index >= 15 is 0 Å². The summed E-state index contributed by atoms with van der Waals surface area (Å²) in [7, 11) is 0. The van der Waals surface area contributed by atoms with Crippen LogP contribution in [0.1, 0.15) is 29.0 Å². The third-order valence-corrected chi connectivity index (χ3v) is 3.92. The molecule has 0 aliphatic heterocycles. The Labute approximate surface area is 82.4 Å². The van der Waals surface area contributed by atoms with E-state index in [2.05, 4.69) is 13.0 Å². The summed E-state index contributed by atoms with van der Waals surface area (Å²) < 4.78 is 0. The Bertz CT molecular complexity index is 310. The Morgan fingerprint density at radius 2 is 2.38 bits per heavy atom. The van der Waals surface area contributed by atoms with Crippen molar-refractivity contribution in [1.29, 1.82) is 0 Å². The molecule has 2 atom stereocenters. The van der Waals surface area contributed by atoms with E-state index < -0.39 is 5.60 Å². The van der Waals surface area contributed by atoms with Crippen LogP contribution in [0.5, 0.6) is 0 Å². The molecule has 0 amide bonds. The molecule has 72 valence electrons. The number of hydrogen-bond acceptors (Lipinski definition) is 3. The fourth-order valence-corrected chi connectivity index (χ4v) is 2.96. The molecule has 0 saturated heterocycles. The number of rotatable bonds is 1. The average Bonchev–Trinajstić information content (AvgIpc) is 2.60. The fraction of sp³-hybridized carbons (Fsp3) is 0.600. The van der Waals surface area contributed by atoms with Crippen molar-refractivity contribution in [2.24, 2.45) is 5.73 Å². The quantitative estimate of drug-likeness (QED) is 0.720. The van der Waals surface area contributed by atoms with E-state index in [4.69, 9.17) is 5.73 Å². The molecule has 1 heterocycles. The largest absolute Gasteiger partial charge is 0.384 e. The van der Waals surface area contributed by atoms with Gasteiger partial charge in [0.15, 0.2) is 0 Å². The van der Waals surface area contributed by atoms with Gasteiger partial charge in [0.05, 0.1) is 0 Å². The van der Waals surface area contributed by atoms with E-state index in [1.165, 1.54) is 4.88 Å². The summed E-state index contributed by atoms with van der Waals surface area (Å²) in [5.74, 6) is 0. The first kappa shape index (κ1) is 9.19. The number of aryl methyl sites for hydroxylation is 1. The van der Waals surface area contributed by atoms with Crippen molar-refractivity contribution < 1.29 is 5.11 Å². The molecule has 0 bridgehead atoms. The summed E-state index contributed by atoms with van der Waals surface area (Å²) in [5, 5.41) is 10.3. The van der Waals surface area contributed by atoms with Crippen LogP contribution in [0.15, 0.2) is 12.1 Å². The Kier molecular flexibility index (Phi) is 2.18. The minimum absolute atomic E-state index is 0.174. The van der Waals surface area contributed by atoms with Crippen molar-refractivity contribution >= 4 is 11.3 Å². The summed E-state index contributed by atoms with van der Waals surface area (Å²) in [5.41, 5.74) is 5.17. The molecular weight excluding hydrogens is 182 g/mol. The second kappa shape index (κ2) is 3.08. The third-order valence-electron chi connectivity index (χ3n) is 2.73. The minimum Gasteiger partial charge on any atom is -0.384 e. The second-order valence-electron chi connectivity index (χ2n) is 3.94. The van der Waals surface area contributed by atoms with Gasteiger partial charge in [-0.05, 0) is 38.3 Å². The highest BCUT2D eigenvalue weighted by molar-refractivity contribution is 7.12. The van der Waals surface area contributed by atoms with Crippen LogP contribution < -0.4 is 5.73 Å². The van der Waals surface area contributed by atoms with Crippen molar-refractivity contribution in [3.8, 4) is 0 Å². The average molecular weight is 197 g/mol. The van der Waals surface area contributed by atoms with Gasteiger partial charge in [0.2, 0.25) is 0 Å². The van der Waals surface area contributed by atoms with Crippen molar-refractivity contribution in [2.45, 2.75) is 37.8 Å². The lowest BCUT2D eigenvalue weighted by molar-refractivity contribution is 0.0469. The molecule has 0 spiro atoms. The molecule has 1 fully saturated rings. The summed E-state index contributed by atoms with van der Waals surface area (Å²) in [6, 6.07) is 4.26. The monoisotopic (exact) mass is 197 g/mol. The first-order valence-electron chi connectivity index (χ1n) is 4.65. The number of thiophene rings is 1. The maximum atomic E-state index is 10.3. The molecule has 3 heteroatoms. The van der Waals surface area contributed by atoms with E-state index in [9.17, 15) is 5.11 Å². The molecule has 2 unspecified atom stereocenters. The second-order valence-corrected chi connectivity index (χ2v) is 5.23. The maximum absolute atomic E-state index is 10.3. The zero-order chi connectivity index (χ0) is 9.47. The van der Waals surface area contributed by atoms with Crippen molar-refractivity contribution in [3.63, 3.8) is 0 Å². The molecule has 1 aromatic rings. The molecule has 2 rings (SSSR count). The predicted octanol–water partition coefficient (Wildman–Crippen LogP) is 1.76. The highest BCUT2D eigenvalue weighted by atomic mass is 32.1. The molecule has 1 saturated carbocycles. The van der Waals surface area contributed by atoms with E-state index in [-0.39, 0.29) is 6.04 Å². The first-order valence-corrected chi connectivity index (χ1v) is 5.47. The van der Waals surface area contributed by atoms with Gasteiger partial charge in [0, 0.05) is 15.8 Å². The fourth-order valence-electron chi connectivity index (χ4n) is 1.97. The topological polar surface area (TPSA) is 46.2 Å². The first-order chi connectivity index (χ1) is 6.10. The van der Waals surface area contributed by atoms with Crippen LogP contribution in [0.25, 0.3) is 0 Å². The van der Waals surface area contributed by atoms with Gasteiger partial charge in [-0.1, -0.05) is 0 Å². The van der Waals surface area contributed by atoms with Crippen LogP contribution in [0, 0.1) is 6.92 Å². The maximum Gasteiger partial charge on any atom is 0.100 e. The van der Waals surface area contributed by atoms with Gasteiger partial charge in [-0.2, -0.15) is 0 Å². The number of nitrogens with two attached hydrogens (primary N) is 1. The Morgan fingerprint density at radius 3 is 2.85 bits per heavy atom. The highest BCUT2D eigenvalue weighted by Gasteiger charge is 2.38. The Balaban J connectivity index is 2.25. The minimum atomic E-state index is -0.627. The van der Waals surface area contributed by atoms with Gasteiger partial charge < -0.3 is 10.8 Å². The lowest BCUT2D eigenvalue weighted by atomic mass is 10.0. The Hall–Kier alpha value is -0.380. The van der Waals surface area contributed by atoms with E-state index in [1.807, 2.05) is 6.07 Å². The van der Waals surface area contributed by atoms with Gasteiger partial charge in [0.1, 0.15) is 5.60 Å². The molecule has 1 aromatic heterocycles. The zero-order valence-electron chi connectivity index (χ0n) is 7.79. The summed E-state index contributed by atoms with van der Waals surface area (Å²) in [6.07, 6.45) is 2.47. The van der Waals surface area contributed by atoms with Gasteiger partial charge in [-0.25, -0.2) is 0 Å². The lowest BCUT2D eigenvalue weighted by Gasteiger charge is -2.20. The van der Waals surface area contributed by atoms with E-state index in [0.29, 0.717) is 6.42 Å². The smallest absolute Gasteiger partial charge is 0.100 e. The zero-order valence-corrected chi connectivity index (χ0v) is 8.60. The Morgan fingerprint density at radius 1 is 1.62 bits per heavy atom. The highest BCUT2D eigenvalue weighted by Crippen LogP contribution is 2.40. The van der Waals surface area contributed by atoms with Gasteiger partial charge in [0.25, 0.3) is 0 Å². The van der Waals surface area contributed by atoms with Crippen molar-refractivity contribution in [2.75, 3.05) is 0 Å². The summed E-state index contributed by atoms with van der Waals surface area (Å²) in [6.45, 7) is 2.06. The van der Waals surface area contributed by atoms with Crippen LogP contribution in [0.4, 0.5) is 0 Å².